The summed E-state index contributed by atoms with van der Waals surface area (Å²) in [5, 5.41) is 55.8. The Bertz CT molecular complexity index is 3060. The van der Waals surface area contributed by atoms with Crippen molar-refractivity contribution >= 4 is 124 Å². The molecule has 2 aromatic rings. The minimum Gasteiger partial charge on any atom is -0.494 e. The summed E-state index contributed by atoms with van der Waals surface area (Å²) >= 11 is 4.04. The molecule has 1 aliphatic heterocycles. The van der Waals surface area contributed by atoms with Crippen LogP contribution in [0, 0.1) is 0 Å². The van der Waals surface area contributed by atoms with Crippen molar-refractivity contribution in [2.24, 2.45) is 33.1 Å². The van der Waals surface area contributed by atoms with Crippen molar-refractivity contribution in [1.82, 2.24) is 47.9 Å². The number of aliphatic imine (C=N–C) groups is 1. The smallest absolute Gasteiger partial charge is 0.305 e. The molecule has 1 heterocycles. The van der Waals surface area contributed by atoms with Crippen molar-refractivity contribution in [2.75, 3.05) is 43.8 Å². The van der Waals surface area contributed by atoms with Crippen LogP contribution in [-0.4, -0.2) is 209 Å². The Morgan fingerprint density at radius 2 is 1.21 bits per heavy atom. The number of oxime groups is 1. The average Bonchev–Trinajstić information content (AvgIpc) is 0.888. The molecule has 0 unspecified atom stereocenters. The van der Waals surface area contributed by atoms with Crippen molar-refractivity contribution in [1.29, 1.82) is 0 Å². The van der Waals surface area contributed by atoms with E-state index >= 15 is 0 Å². The highest BCUT2D eigenvalue weighted by molar-refractivity contribution is 7.98. The second-order valence-corrected chi connectivity index (χ2v) is 25.4. The van der Waals surface area contributed by atoms with Gasteiger partial charge in [0.25, 0.3) is 5.91 Å². The van der Waals surface area contributed by atoms with Gasteiger partial charge in [-0.15, -0.1) is 0 Å². The summed E-state index contributed by atoms with van der Waals surface area (Å²) in [4.78, 5) is 185. The van der Waals surface area contributed by atoms with Gasteiger partial charge >= 0.3 is 11.9 Å². The third kappa shape index (κ3) is 33.1. The number of primary amides is 2. The van der Waals surface area contributed by atoms with Crippen LogP contribution >= 0.6 is 35.3 Å². The second-order valence-electron chi connectivity index (χ2n) is 22.5. The van der Waals surface area contributed by atoms with Crippen LogP contribution < -0.4 is 75.5 Å². The molecule has 20 N–H and O–H groups in total. The largest absolute Gasteiger partial charge is 0.494 e. The SMILES string of the molecule is CSCC[C@@H]1NC(=O)[C@H](CCCN=C(N)N)NC(=O)[C@H](C)NC(=O)[C@H]([C@H](C)O)NC(=O)/C=N/OCCCCCCOc2cc(CSC)cc(c2)CSC[C@@H](C(N)=O)NC(=O)[C@H](CCC(=O)O)NC(=O)[C@H](CCC(N)=O)NC(=O)[C@H](Cc2ccccc2)NC(=O)[C@H](CC(=O)O)NC1=O. The Balaban J connectivity index is 2.11. The van der Waals surface area contributed by atoms with Gasteiger partial charge in [-0.2, -0.15) is 35.3 Å². The topological polar surface area (TPSA) is 538 Å². The number of aliphatic hydroxyl groups is 1. The first-order chi connectivity index (χ1) is 46.1. The molecular formula is C61H91N15O18S3. The summed E-state index contributed by atoms with van der Waals surface area (Å²) in [5.41, 5.74) is 24.4. The van der Waals surface area contributed by atoms with Gasteiger partial charge in [-0.25, -0.2) is 0 Å². The van der Waals surface area contributed by atoms with Crippen molar-refractivity contribution in [2.45, 2.75) is 169 Å². The van der Waals surface area contributed by atoms with E-state index in [-0.39, 0.29) is 56.3 Å². The Kier molecular flexibility index (Phi) is 38.0. The van der Waals surface area contributed by atoms with Gasteiger partial charge in [0.1, 0.15) is 72.9 Å². The fraction of sp³-hybridized carbons (Fsp3) is 0.557. The lowest BCUT2D eigenvalue weighted by atomic mass is 10.0. The number of thioether (sulfide) groups is 3. The van der Waals surface area contributed by atoms with Gasteiger partial charge in [0.15, 0.2) is 5.96 Å². The number of aliphatic carboxylic acids is 2. The fourth-order valence-electron chi connectivity index (χ4n) is 9.29. The number of carbonyl (C=O) groups is 13. The molecule has 0 aromatic heterocycles. The molecule has 10 atom stereocenters. The van der Waals surface area contributed by atoms with Crippen LogP contribution in [0.2, 0.25) is 0 Å². The molecule has 0 radical (unpaired) electrons. The average molecular weight is 1420 g/mol. The van der Waals surface area contributed by atoms with E-state index in [0.29, 0.717) is 48.7 Å². The van der Waals surface area contributed by atoms with Crippen LogP contribution in [0.4, 0.5) is 0 Å². The Labute approximate surface area is 573 Å². The second kappa shape index (κ2) is 44.8. The predicted molar refractivity (Wildman–Crippen MR) is 363 cm³/mol. The maximum Gasteiger partial charge on any atom is 0.305 e. The summed E-state index contributed by atoms with van der Waals surface area (Å²) in [5.74, 6) is -13.0. The molecule has 536 valence electrons. The quantitative estimate of drug-likeness (QED) is 0.0353. The molecule has 3 rings (SSSR count). The number of guanidine groups is 1. The van der Waals surface area contributed by atoms with Crippen LogP contribution in [0.3, 0.4) is 0 Å². The number of aliphatic hydroxyl groups excluding tert-OH is 1. The zero-order valence-electron chi connectivity index (χ0n) is 54.5. The van der Waals surface area contributed by atoms with E-state index in [0.717, 1.165) is 23.8 Å². The molecule has 33 nitrogen and oxygen atoms in total. The first kappa shape index (κ1) is 82.3. The maximum absolute atomic E-state index is 14.6. The standard InChI is InChI=1S/C61H91N15O18S3/c1-34-53(85)69-40(15-12-21-66-61(64)65)54(86)72-43(20-24-95-3)57(89)74-45(29-50(82)83)59(91)73-44(28-36-13-8-7-9-14-36)58(90)71-41(16-18-47(62)78)55(87)70-42(17-19-49(80)81)56(88)75-46(52(63)84)33-97-32-38-25-37(31-96-4)26-39(27-38)93-22-10-5-6-11-23-94-67-30-48(79)76-51(35(2)77)60(92)68-34/h7-9,13-14,25-27,30,34-35,40-46,51,77H,5-6,10-12,15-24,28-29,31-33H2,1-4H3,(H2,62,78)(H2,63,84)(H,68,92)(H,69,85)(H,70,87)(H,71,90)(H,72,86)(H,73,91)(H,74,89)(H,75,88)(H,76,79)(H,80,81)(H,82,83)(H4,64,65,66)/b67-30+/t34-,35-,40-,41-,42-,43-,44-,45-,46-,51-/m0/s1. The number of ether oxygens (including phenoxy) is 1. The highest BCUT2D eigenvalue weighted by Crippen LogP contribution is 2.25. The summed E-state index contributed by atoms with van der Waals surface area (Å²) < 4.78 is 6.12. The summed E-state index contributed by atoms with van der Waals surface area (Å²) in [6, 6.07) is -0.917. The molecule has 36 heteroatoms. The van der Waals surface area contributed by atoms with E-state index < -0.39 is 170 Å². The van der Waals surface area contributed by atoms with Gasteiger partial charge in [0.2, 0.25) is 59.1 Å². The number of carboxylic acid groups (broad SMARTS) is 2. The number of nitrogens with one attached hydrogen (secondary N) is 9. The van der Waals surface area contributed by atoms with Gasteiger partial charge in [0.05, 0.1) is 19.1 Å². The number of carbonyl (C=O) groups excluding carboxylic acids is 11. The van der Waals surface area contributed by atoms with E-state index in [1.165, 1.54) is 37.4 Å². The van der Waals surface area contributed by atoms with Crippen LogP contribution in [0.5, 0.6) is 5.75 Å². The molecular weight excluding hydrogens is 1330 g/mol. The highest BCUT2D eigenvalue weighted by atomic mass is 32.2. The van der Waals surface area contributed by atoms with E-state index in [2.05, 4.69) is 58.0 Å². The predicted octanol–water partition coefficient (Wildman–Crippen LogP) is -2.36. The number of amides is 11. The van der Waals surface area contributed by atoms with Crippen LogP contribution in [0.25, 0.3) is 0 Å². The van der Waals surface area contributed by atoms with Crippen LogP contribution in [0.15, 0.2) is 58.7 Å². The molecule has 0 aliphatic carbocycles. The lowest BCUT2D eigenvalue weighted by Crippen LogP contribution is -2.61. The summed E-state index contributed by atoms with van der Waals surface area (Å²) in [7, 11) is 0. The number of nitrogens with two attached hydrogens (primary N) is 4. The Hall–Kier alpha value is -8.90. The van der Waals surface area contributed by atoms with E-state index in [1.54, 1.807) is 48.3 Å². The van der Waals surface area contributed by atoms with Crippen LogP contribution in [0.1, 0.15) is 108 Å². The number of hydrogen-bond donors (Lipinski definition) is 16. The number of fused-ring (bicyclic) bond motifs is 2. The summed E-state index contributed by atoms with van der Waals surface area (Å²) in [6.45, 7) is 2.90. The van der Waals surface area contributed by atoms with Gasteiger partial charge in [-0.05, 0) is 119 Å². The third-order valence-corrected chi connectivity index (χ3v) is 16.7. The zero-order valence-corrected chi connectivity index (χ0v) is 57.0. The first-order valence-electron chi connectivity index (χ1n) is 31.1. The molecule has 2 bridgehead atoms. The monoisotopic (exact) mass is 1420 g/mol. The maximum atomic E-state index is 14.6. The van der Waals surface area contributed by atoms with Gasteiger partial charge in [0, 0.05) is 43.1 Å². The molecule has 11 amide bonds. The van der Waals surface area contributed by atoms with Crippen molar-refractivity contribution in [3.63, 3.8) is 0 Å². The van der Waals surface area contributed by atoms with E-state index in [1.807, 2.05) is 24.5 Å². The fourth-order valence-corrected chi connectivity index (χ4v) is 11.3. The third-order valence-electron chi connectivity index (χ3n) is 14.3. The highest BCUT2D eigenvalue weighted by Gasteiger charge is 2.36. The van der Waals surface area contributed by atoms with Crippen molar-refractivity contribution in [3.05, 3.63) is 65.2 Å². The lowest BCUT2D eigenvalue weighted by Gasteiger charge is -2.28. The van der Waals surface area contributed by atoms with E-state index in [9.17, 15) is 77.6 Å². The normalized spacial score (nSPS) is 23.3. The Morgan fingerprint density at radius 1 is 0.639 bits per heavy atom. The molecule has 0 saturated carbocycles. The van der Waals surface area contributed by atoms with Crippen LogP contribution in [-0.2, 0) is 85.1 Å². The first-order valence-corrected chi connectivity index (χ1v) is 35.0. The number of benzene rings is 2. The number of rotatable bonds is 21. The zero-order chi connectivity index (χ0) is 72.0. The number of carboxylic acids is 2. The minimum absolute atomic E-state index is 0.0378. The molecule has 0 saturated heterocycles. The lowest BCUT2D eigenvalue weighted by molar-refractivity contribution is -0.141. The number of hydrogen-bond acceptors (Lipinski definition) is 21. The molecule has 2 aromatic carbocycles. The van der Waals surface area contributed by atoms with Gasteiger partial charge in [-0.1, -0.05) is 41.6 Å². The minimum atomic E-state index is -1.98. The van der Waals surface area contributed by atoms with Crippen molar-refractivity contribution in [3.8, 4) is 5.75 Å². The molecule has 97 heavy (non-hydrogen) atoms. The number of nitrogens with zero attached hydrogens (tertiary/aromatic N) is 2. The van der Waals surface area contributed by atoms with E-state index in [4.69, 9.17) is 32.5 Å². The van der Waals surface area contributed by atoms with Gasteiger partial charge in [-0.3, -0.25) is 67.3 Å². The molecule has 0 spiro atoms. The van der Waals surface area contributed by atoms with Crippen molar-refractivity contribution < 1.29 is 87.2 Å². The molecule has 1 aliphatic rings. The molecule has 0 fully saturated rings. The summed E-state index contributed by atoms with van der Waals surface area (Å²) in [6.07, 6.45) is 1.48. The Morgan fingerprint density at radius 3 is 1.79 bits per heavy atom. The van der Waals surface area contributed by atoms with Gasteiger partial charge < -0.3 is 95.7 Å².